The van der Waals surface area contributed by atoms with E-state index < -0.39 is 0 Å². The molecule has 0 aliphatic rings. The molecule has 0 atom stereocenters. The minimum Gasteiger partial charge on any atom is -0.277 e. The van der Waals surface area contributed by atoms with Crippen LogP contribution >= 0.6 is 0 Å². The van der Waals surface area contributed by atoms with E-state index in [4.69, 9.17) is 0 Å². The van der Waals surface area contributed by atoms with Crippen molar-refractivity contribution in [3.05, 3.63) is 58.8 Å². The molecule has 0 radical (unpaired) electrons. The van der Waals surface area contributed by atoms with Crippen molar-refractivity contribution in [3.63, 3.8) is 0 Å². The lowest BCUT2D eigenvalue weighted by Crippen LogP contribution is -2.22. The minimum absolute atomic E-state index is 0.123. The molecule has 1 aromatic heterocycles. The van der Waals surface area contributed by atoms with E-state index in [9.17, 15) is 4.79 Å². The van der Waals surface area contributed by atoms with E-state index in [1.807, 2.05) is 37.3 Å². The van der Waals surface area contributed by atoms with Gasteiger partial charge >= 0.3 is 5.69 Å². The van der Waals surface area contributed by atoms with Crippen molar-refractivity contribution < 1.29 is 0 Å². The maximum absolute atomic E-state index is 11.8. The van der Waals surface area contributed by atoms with Crippen LogP contribution in [0.2, 0.25) is 0 Å². The maximum atomic E-state index is 11.8. The molecule has 0 saturated carbocycles. The predicted octanol–water partition coefficient (Wildman–Crippen LogP) is 1.58. The van der Waals surface area contributed by atoms with Crippen LogP contribution < -0.4 is 5.69 Å². The van der Waals surface area contributed by atoms with E-state index in [-0.39, 0.29) is 5.69 Å². The highest BCUT2D eigenvalue weighted by Gasteiger charge is 2.02. The van der Waals surface area contributed by atoms with Gasteiger partial charge < -0.3 is 0 Å². The second-order valence-electron chi connectivity index (χ2n) is 3.45. The summed E-state index contributed by atoms with van der Waals surface area (Å²) >= 11 is 0. The number of allylic oxidation sites excluding steroid dienone is 1. The zero-order valence-electron chi connectivity index (χ0n) is 9.08. The van der Waals surface area contributed by atoms with Crippen LogP contribution in [0.15, 0.2) is 47.5 Å². The molecule has 0 N–H and O–H groups in total. The molecule has 1 heterocycles. The molecule has 2 rings (SSSR count). The van der Waals surface area contributed by atoms with Gasteiger partial charge in [0.25, 0.3) is 0 Å². The molecular weight excluding hydrogens is 202 g/mol. The van der Waals surface area contributed by atoms with Crippen LogP contribution in [0.1, 0.15) is 12.5 Å². The van der Waals surface area contributed by atoms with Gasteiger partial charge in [0.1, 0.15) is 6.33 Å². The Morgan fingerprint density at radius 2 is 2.06 bits per heavy atom. The first-order valence-electron chi connectivity index (χ1n) is 5.12. The summed E-state index contributed by atoms with van der Waals surface area (Å²) in [6.45, 7) is 2.40. The van der Waals surface area contributed by atoms with Crippen molar-refractivity contribution in [3.8, 4) is 0 Å². The quantitative estimate of drug-likeness (QED) is 0.780. The highest BCUT2D eigenvalue weighted by Crippen LogP contribution is 1.99. The van der Waals surface area contributed by atoms with Gasteiger partial charge in [-0.15, -0.1) is 0 Å². The van der Waals surface area contributed by atoms with E-state index in [0.29, 0.717) is 6.54 Å². The van der Waals surface area contributed by atoms with Crippen molar-refractivity contribution >= 4 is 6.20 Å². The van der Waals surface area contributed by atoms with Crippen LogP contribution in [0.25, 0.3) is 6.20 Å². The Morgan fingerprint density at radius 3 is 2.75 bits per heavy atom. The van der Waals surface area contributed by atoms with Crippen molar-refractivity contribution in [2.75, 3.05) is 0 Å². The molecule has 4 heteroatoms. The largest absolute Gasteiger partial charge is 0.350 e. The van der Waals surface area contributed by atoms with Crippen LogP contribution in [0.4, 0.5) is 0 Å². The number of hydrogen-bond donors (Lipinski definition) is 0. The van der Waals surface area contributed by atoms with Crippen LogP contribution in [0, 0.1) is 0 Å². The summed E-state index contributed by atoms with van der Waals surface area (Å²) in [4.78, 5) is 11.8. The Morgan fingerprint density at radius 1 is 1.31 bits per heavy atom. The van der Waals surface area contributed by atoms with Crippen molar-refractivity contribution in [1.82, 2.24) is 14.3 Å². The fourth-order valence-electron chi connectivity index (χ4n) is 1.48. The summed E-state index contributed by atoms with van der Waals surface area (Å²) in [6.07, 6.45) is 4.97. The van der Waals surface area contributed by atoms with Gasteiger partial charge in [-0.3, -0.25) is 4.57 Å². The summed E-state index contributed by atoms with van der Waals surface area (Å²) in [5, 5.41) is 3.98. The molecule has 0 saturated heterocycles. The van der Waals surface area contributed by atoms with Gasteiger partial charge in [0.15, 0.2) is 0 Å². The van der Waals surface area contributed by atoms with Gasteiger partial charge in [-0.2, -0.15) is 9.78 Å². The van der Waals surface area contributed by atoms with Gasteiger partial charge in [0.2, 0.25) is 0 Å². The third-order valence-electron chi connectivity index (χ3n) is 2.24. The molecular formula is C12H13N3O. The van der Waals surface area contributed by atoms with Crippen LogP contribution in [0.5, 0.6) is 0 Å². The topological polar surface area (TPSA) is 39.8 Å². The average Bonchev–Trinajstić information content (AvgIpc) is 2.64. The highest BCUT2D eigenvalue weighted by molar-refractivity contribution is 5.18. The van der Waals surface area contributed by atoms with Gasteiger partial charge in [0, 0.05) is 6.20 Å². The van der Waals surface area contributed by atoms with E-state index in [1.165, 1.54) is 4.68 Å². The Hall–Kier alpha value is -2.10. The number of hydrogen-bond acceptors (Lipinski definition) is 2. The minimum atomic E-state index is -0.123. The van der Waals surface area contributed by atoms with E-state index in [0.717, 1.165) is 5.56 Å². The first kappa shape index (κ1) is 10.4. The molecule has 16 heavy (non-hydrogen) atoms. The third-order valence-corrected chi connectivity index (χ3v) is 2.24. The zero-order chi connectivity index (χ0) is 11.4. The molecule has 0 unspecified atom stereocenters. The number of aromatic nitrogens is 3. The standard InChI is InChI=1S/C12H13N3O/c1-2-8-15-12(16)14(10-13-15)9-11-6-4-3-5-7-11/h2-8,10H,9H2,1H3/b8-2+. The lowest BCUT2D eigenvalue weighted by Gasteiger charge is -1.99. The monoisotopic (exact) mass is 215 g/mol. The van der Waals surface area contributed by atoms with E-state index in [1.54, 1.807) is 23.2 Å². The third kappa shape index (κ3) is 2.11. The number of benzene rings is 1. The number of nitrogens with zero attached hydrogens (tertiary/aromatic N) is 3. The average molecular weight is 215 g/mol. The first-order valence-corrected chi connectivity index (χ1v) is 5.12. The van der Waals surface area contributed by atoms with Crippen molar-refractivity contribution in [2.45, 2.75) is 13.5 Å². The second-order valence-corrected chi connectivity index (χ2v) is 3.45. The Labute approximate surface area is 93.5 Å². The smallest absolute Gasteiger partial charge is 0.277 e. The molecule has 0 fully saturated rings. The van der Waals surface area contributed by atoms with Crippen LogP contribution in [0.3, 0.4) is 0 Å². The Kier molecular flexibility index (Phi) is 3.00. The van der Waals surface area contributed by atoms with Crippen molar-refractivity contribution in [1.29, 1.82) is 0 Å². The lowest BCUT2D eigenvalue weighted by molar-refractivity contribution is 0.748. The molecule has 0 spiro atoms. The SMILES string of the molecule is C/C=C/n1ncn(Cc2ccccc2)c1=O. The van der Waals surface area contributed by atoms with Gasteiger partial charge in [-0.05, 0) is 12.5 Å². The van der Waals surface area contributed by atoms with E-state index in [2.05, 4.69) is 5.10 Å². The molecule has 0 bridgehead atoms. The molecule has 0 aliphatic heterocycles. The number of rotatable bonds is 3. The van der Waals surface area contributed by atoms with Gasteiger partial charge in [0.05, 0.1) is 6.54 Å². The van der Waals surface area contributed by atoms with Gasteiger partial charge in [-0.25, -0.2) is 4.79 Å². The molecule has 2 aromatic rings. The maximum Gasteiger partial charge on any atom is 0.350 e. The molecule has 0 amide bonds. The Bertz CT molecular complexity index is 537. The normalized spacial score (nSPS) is 11.1. The van der Waals surface area contributed by atoms with Crippen LogP contribution in [-0.4, -0.2) is 14.3 Å². The second kappa shape index (κ2) is 4.61. The molecule has 4 nitrogen and oxygen atoms in total. The predicted molar refractivity (Wildman–Crippen MR) is 63.0 cm³/mol. The summed E-state index contributed by atoms with van der Waals surface area (Å²) in [6, 6.07) is 9.84. The fraction of sp³-hybridized carbons (Fsp3) is 0.167. The molecule has 1 aromatic carbocycles. The van der Waals surface area contributed by atoms with Crippen molar-refractivity contribution in [2.24, 2.45) is 0 Å². The lowest BCUT2D eigenvalue weighted by atomic mass is 10.2. The summed E-state index contributed by atoms with van der Waals surface area (Å²) in [7, 11) is 0. The van der Waals surface area contributed by atoms with Gasteiger partial charge in [-0.1, -0.05) is 36.4 Å². The Balaban J connectivity index is 2.26. The summed E-state index contributed by atoms with van der Waals surface area (Å²) in [5.41, 5.74) is 0.964. The summed E-state index contributed by atoms with van der Waals surface area (Å²) in [5.74, 6) is 0. The molecule has 0 aliphatic carbocycles. The zero-order valence-corrected chi connectivity index (χ0v) is 9.08. The first-order chi connectivity index (χ1) is 7.81. The summed E-state index contributed by atoms with van der Waals surface area (Å²) < 4.78 is 2.90. The van der Waals surface area contributed by atoms with E-state index >= 15 is 0 Å². The fourth-order valence-corrected chi connectivity index (χ4v) is 1.48. The molecule has 82 valence electrons. The van der Waals surface area contributed by atoms with Crippen LogP contribution in [-0.2, 0) is 6.54 Å². The highest BCUT2D eigenvalue weighted by atomic mass is 16.2.